The Balaban J connectivity index is 1.31. The van der Waals surface area contributed by atoms with E-state index in [2.05, 4.69) is 20.5 Å². The summed E-state index contributed by atoms with van der Waals surface area (Å²) in [6, 6.07) is 10.1. The number of ether oxygens (including phenoxy) is 3. The van der Waals surface area contributed by atoms with Crippen LogP contribution in [-0.2, 0) is 9.47 Å². The van der Waals surface area contributed by atoms with Crippen molar-refractivity contribution in [2.75, 3.05) is 32.8 Å². The van der Waals surface area contributed by atoms with Gasteiger partial charge in [-0.2, -0.15) is 0 Å². The van der Waals surface area contributed by atoms with Gasteiger partial charge in [0, 0.05) is 62.6 Å². The Labute approximate surface area is 218 Å². The predicted molar refractivity (Wildman–Crippen MR) is 141 cm³/mol. The Morgan fingerprint density at radius 3 is 2.41 bits per heavy atom. The molecule has 2 atom stereocenters. The van der Waals surface area contributed by atoms with E-state index >= 15 is 0 Å². The Kier molecular flexibility index (Phi) is 9.00. The summed E-state index contributed by atoms with van der Waals surface area (Å²) >= 11 is 0. The van der Waals surface area contributed by atoms with Crippen LogP contribution in [0.15, 0.2) is 36.5 Å². The van der Waals surface area contributed by atoms with Crippen molar-refractivity contribution >= 4 is 17.6 Å². The zero-order valence-corrected chi connectivity index (χ0v) is 22.2. The zero-order chi connectivity index (χ0) is 26.4. The number of fused-ring (bicyclic) bond motifs is 2. The number of amides is 2. The molecule has 2 fully saturated rings. The molecule has 2 aromatic rings. The molecule has 200 valence electrons. The maximum Gasteiger partial charge on any atom is 0.252 e. The Bertz CT molecular complexity index is 1060. The highest BCUT2D eigenvalue weighted by atomic mass is 16.7. The van der Waals surface area contributed by atoms with Crippen molar-refractivity contribution < 1.29 is 23.8 Å². The van der Waals surface area contributed by atoms with Crippen LogP contribution in [0, 0.1) is 6.92 Å². The van der Waals surface area contributed by atoms with E-state index in [1.165, 1.54) is 0 Å². The van der Waals surface area contributed by atoms with Gasteiger partial charge in [-0.05, 0) is 63.3 Å². The number of rotatable bonds is 11. The number of benzene rings is 1. The van der Waals surface area contributed by atoms with E-state index in [-0.39, 0.29) is 24.1 Å². The Morgan fingerprint density at radius 2 is 1.78 bits per heavy atom. The van der Waals surface area contributed by atoms with Gasteiger partial charge >= 0.3 is 0 Å². The minimum absolute atomic E-state index is 0.0531. The summed E-state index contributed by atoms with van der Waals surface area (Å²) in [6.07, 6.45) is 6.76. The molecule has 2 aliphatic heterocycles. The van der Waals surface area contributed by atoms with Crippen molar-refractivity contribution in [2.24, 2.45) is 0 Å². The predicted octanol–water partition coefficient (Wildman–Crippen LogP) is 3.46. The molecule has 2 N–H and O–H groups in total. The second-order valence-corrected chi connectivity index (χ2v) is 9.77. The first-order valence-electron chi connectivity index (χ1n) is 13.0. The third-order valence-electron chi connectivity index (χ3n) is 7.52. The minimum Gasteiger partial charge on any atom is -0.496 e. The molecule has 1 aromatic carbocycles. The number of nitrogens with one attached hydrogen (secondary N) is 2. The number of aromatic nitrogens is 1. The number of carbonyl (C=O) groups excluding carboxylic acids is 2. The van der Waals surface area contributed by atoms with E-state index in [1.807, 2.05) is 37.3 Å². The molecule has 0 radical (unpaired) electrons. The van der Waals surface area contributed by atoms with Crippen LogP contribution in [0.25, 0.3) is 0 Å². The van der Waals surface area contributed by atoms with Crippen LogP contribution < -0.4 is 20.3 Å². The number of nitrogens with zero attached hydrogens (tertiary/aromatic N) is 2. The third kappa shape index (κ3) is 6.22. The number of piperidine rings is 1. The molecular formula is C28H38N4O5. The van der Waals surface area contributed by atoms with Crippen molar-refractivity contribution in [3.05, 3.63) is 53.2 Å². The molecule has 2 saturated heterocycles. The quantitative estimate of drug-likeness (QED) is 0.353. The lowest BCUT2D eigenvalue weighted by Gasteiger charge is -2.40. The van der Waals surface area contributed by atoms with Crippen LogP contribution >= 0.6 is 0 Å². The minimum atomic E-state index is -0.253. The summed E-state index contributed by atoms with van der Waals surface area (Å²) in [4.78, 5) is 32.5. The molecular weight excluding hydrogens is 472 g/mol. The highest BCUT2D eigenvalue weighted by Gasteiger charge is 2.42. The molecule has 2 unspecified atom stereocenters. The molecule has 9 nitrogen and oxygen atoms in total. The lowest BCUT2D eigenvalue weighted by Crippen LogP contribution is -2.50. The van der Waals surface area contributed by atoms with E-state index in [0.29, 0.717) is 36.2 Å². The normalized spacial score (nSPS) is 20.7. The first-order chi connectivity index (χ1) is 17.9. The summed E-state index contributed by atoms with van der Waals surface area (Å²) in [5.74, 6) is 1.42. The molecule has 3 heterocycles. The monoisotopic (exact) mass is 510 g/mol. The van der Waals surface area contributed by atoms with Gasteiger partial charge in [-0.15, -0.1) is 0 Å². The molecule has 9 heteroatoms. The van der Waals surface area contributed by atoms with E-state index < -0.39 is 0 Å². The van der Waals surface area contributed by atoms with Crippen molar-refractivity contribution in [1.29, 1.82) is 0 Å². The molecule has 2 bridgehead atoms. The molecule has 1 aromatic heterocycles. The molecule has 2 amide bonds. The van der Waals surface area contributed by atoms with Gasteiger partial charge in [0.2, 0.25) is 0 Å². The maximum absolute atomic E-state index is 13.0. The number of hydrogen-bond donors (Lipinski definition) is 2. The lowest BCUT2D eigenvalue weighted by molar-refractivity contribution is -0.106. The standard InChI is InChI=1S/C28H38N4O5/c1-18-23(7-5-8-24(18)35-2)28(34)31-20-15-21-11-12-22(16-20)32(21)25-13-10-19(17-30-25)27(33)29-14-6-9-26(36-3)37-4/h5,7-8,10,13,17,20-22,26H,6,9,11-12,14-16H2,1-4H3,(H,29,33)(H,31,34). The van der Waals surface area contributed by atoms with Crippen molar-refractivity contribution in [2.45, 2.75) is 69.9 Å². The van der Waals surface area contributed by atoms with Gasteiger partial charge in [0.25, 0.3) is 11.8 Å². The highest BCUT2D eigenvalue weighted by Crippen LogP contribution is 2.38. The van der Waals surface area contributed by atoms with Crippen LogP contribution in [0.5, 0.6) is 5.75 Å². The molecule has 4 rings (SSSR count). The van der Waals surface area contributed by atoms with E-state index in [0.717, 1.165) is 49.2 Å². The molecule has 0 saturated carbocycles. The molecule has 2 aliphatic rings. The number of carbonyl (C=O) groups is 2. The van der Waals surface area contributed by atoms with Gasteiger partial charge in [0.05, 0.1) is 12.7 Å². The van der Waals surface area contributed by atoms with Crippen LogP contribution in [0.2, 0.25) is 0 Å². The van der Waals surface area contributed by atoms with Crippen LogP contribution in [0.3, 0.4) is 0 Å². The van der Waals surface area contributed by atoms with E-state index in [4.69, 9.17) is 14.2 Å². The molecule has 37 heavy (non-hydrogen) atoms. The number of hydrogen-bond acceptors (Lipinski definition) is 7. The highest BCUT2D eigenvalue weighted by molar-refractivity contribution is 5.96. The number of pyridine rings is 1. The van der Waals surface area contributed by atoms with Crippen molar-refractivity contribution in [1.82, 2.24) is 15.6 Å². The van der Waals surface area contributed by atoms with Crippen molar-refractivity contribution in [3.8, 4) is 5.75 Å². The average Bonchev–Trinajstić information content (AvgIpc) is 3.18. The average molecular weight is 511 g/mol. The summed E-state index contributed by atoms with van der Waals surface area (Å²) < 4.78 is 15.7. The lowest BCUT2D eigenvalue weighted by atomic mass is 9.96. The van der Waals surface area contributed by atoms with Gasteiger partial charge in [0.15, 0.2) is 6.29 Å². The SMILES string of the molecule is COc1cccc(C(=O)NC2CC3CCC(C2)N3c2ccc(C(=O)NCCCC(OC)OC)cn2)c1C. The number of methoxy groups -OCH3 is 3. The van der Waals surface area contributed by atoms with Gasteiger partial charge in [-0.3, -0.25) is 9.59 Å². The van der Waals surface area contributed by atoms with Gasteiger partial charge in [0.1, 0.15) is 11.6 Å². The van der Waals surface area contributed by atoms with E-state index in [1.54, 1.807) is 27.5 Å². The fourth-order valence-electron chi connectivity index (χ4n) is 5.59. The van der Waals surface area contributed by atoms with Gasteiger partial charge in [-0.1, -0.05) is 6.07 Å². The van der Waals surface area contributed by atoms with Crippen LogP contribution in [-0.4, -0.2) is 69.1 Å². The van der Waals surface area contributed by atoms with E-state index in [9.17, 15) is 9.59 Å². The first kappa shape index (κ1) is 26.9. The van der Waals surface area contributed by atoms with Gasteiger partial charge in [-0.25, -0.2) is 4.98 Å². The zero-order valence-electron chi connectivity index (χ0n) is 22.2. The van der Waals surface area contributed by atoms with Crippen molar-refractivity contribution in [3.63, 3.8) is 0 Å². The Hall–Kier alpha value is -3.17. The summed E-state index contributed by atoms with van der Waals surface area (Å²) in [5, 5.41) is 6.18. The second-order valence-electron chi connectivity index (χ2n) is 9.77. The smallest absolute Gasteiger partial charge is 0.252 e. The second kappa shape index (κ2) is 12.4. The fourth-order valence-corrected chi connectivity index (χ4v) is 5.59. The molecule has 0 spiro atoms. The topological polar surface area (TPSA) is 102 Å². The number of anilines is 1. The molecule has 0 aliphatic carbocycles. The summed E-state index contributed by atoms with van der Waals surface area (Å²) in [5.41, 5.74) is 2.05. The largest absolute Gasteiger partial charge is 0.496 e. The summed E-state index contributed by atoms with van der Waals surface area (Å²) in [7, 11) is 4.83. The summed E-state index contributed by atoms with van der Waals surface area (Å²) in [6.45, 7) is 2.45. The van der Waals surface area contributed by atoms with Gasteiger partial charge < -0.3 is 29.7 Å². The first-order valence-corrected chi connectivity index (χ1v) is 13.0. The maximum atomic E-state index is 13.0. The van der Waals surface area contributed by atoms with Crippen LogP contribution in [0.1, 0.15) is 64.8 Å². The fraction of sp³-hybridized carbons (Fsp3) is 0.536. The Morgan fingerprint density at radius 1 is 1.05 bits per heavy atom. The van der Waals surface area contributed by atoms with Crippen LogP contribution in [0.4, 0.5) is 5.82 Å². The third-order valence-corrected chi connectivity index (χ3v) is 7.52.